The highest BCUT2D eigenvalue weighted by atomic mass is 16.5. The van der Waals surface area contributed by atoms with Crippen molar-refractivity contribution < 1.29 is 4.74 Å². The Morgan fingerprint density at radius 1 is 1.73 bits per heavy atom. The van der Waals surface area contributed by atoms with Gasteiger partial charge in [0.15, 0.2) is 0 Å². The van der Waals surface area contributed by atoms with Crippen LogP contribution in [0.3, 0.4) is 0 Å². The van der Waals surface area contributed by atoms with Crippen molar-refractivity contribution in [1.82, 2.24) is 5.32 Å². The van der Waals surface area contributed by atoms with E-state index in [1.807, 2.05) is 0 Å². The summed E-state index contributed by atoms with van der Waals surface area (Å²) >= 11 is 0. The number of terminal acetylenes is 1. The number of rotatable bonds is 2. The molecule has 2 nitrogen and oxygen atoms in total. The average molecular weight is 153 g/mol. The van der Waals surface area contributed by atoms with Gasteiger partial charge in [-0.3, -0.25) is 0 Å². The van der Waals surface area contributed by atoms with Crippen LogP contribution in [0.15, 0.2) is 0 Å². The predicted octanol–water partition coefficient (Wildman–Crippen LogP) is 0.778. The largest absolute Gasteiger partial charge is 0.361 e. The van der Waals surface area contributed by atoms with Crippen LogP contribution in [0.2, 0.25) is 0 Å². The standard InChI is InChI=1S/C9H15NO/c1-3-7-11-9(2)5-4-6-10-8-9/h1,10H,4-8H2,2H3. The Morgan fingerprint density at radius 2 is 2.55 bits per heavy atom. The summed E-state index contributed by atoms with van der Waals surface area (Å²) in [4.78, 5) is 0. The Hall–Kier alpha value is -0.520. The fraction of sp³-hybridized carbons (Fsp3) is 0.778. The molecule has 0 aromatic heterocycles. The van der Waals surface area contributed by atoms with Gasteiger partial charge in [0.1, 0.15) is 6.61 Å². The van der Waals surface area contributed by atoms with E-state index < -0.39 is 0 Å². The van der Waals surface area contributed by atoms with Crippen LogP contribution in [0.25, 0.3) is 0 Å². The number of piperidine rings is 1. The molecule has 1 unspecified atom stereocenters. The van der Waals surface area contributed by atoms with Gasteiger partial charge in [-0.2, -0.15) is 0 Å². The maximum absolute atomic E-state index is 5.52. The molecular formula is C9H15NO. The van der Waals surface area contributed by atoms with Crippen molar-refractivity contribution in [3.8, 4) is 12.3 Å². The summed E-state index contributed by atoms with van der Waals surface area (Å²) < 4.78 is 5.52. The van der Waals surface area contributed by atoms with Crippen molar-refractivity contribution in [3.63, 3.8) is 0 Å². The fourth-order valence-corrected chi connectivity index (χ4v) is 1.37. The van der Waals surface area contributed by atoms with E-state index in [2.05, 4.69) is 18.2 Å². The third kappa shape index (κ3) is 2.53. The van der Waals surface area contributed by atoms with Gasteiger partial charge >= 0.3 is 0 Å². The smallest absolute Gasteiger partial charge is 0.108 e. The Bertz CT molecular complexity index is 153. The third-order valence-corrected chi connectivity index (χ3v) is 2.06. The molecule has 1 fully saturated rings. The predicted molar refractivity (Wildman–Crippen MR) is 45.3 cm³/mol. The van der Waals surface area contributed by atoms with Gasteiger partial charge in [-0.05, 0) is 26.3 Å². The summed E-state index contributed by atoms with van der Waals surface area (Å²) in [5, 5.41) is 3.29. The van der Waals surface area contributed by atoms with Crippen LogP contribution < -0.4 is 5.32 Å². The number of hydrogen-bond acceptors (Lipinski definition) is 2. The van der Waals surface area contributed by atoms with Gasteiger partial charge in [0.05, 0.1) is 5.60 Å². The molecule has 0 spiro atoms. The molecule has 62 valence electrons. The second-order valence-corrected chi connectivity index (χ2v) is 3.22. The first kappa shape index (κ1) is 8.58. The minimum Gasteiger partial charge on any atom is -0.361 e. The quantitative estimate of drug-likeness (QED) is 0.592. The molecule has 11 heavy (non-hydrogen) atoms. The van der Waals surface area contributed by atoms with Crippen molar-refractivity contribution >= 4 is 0 Å². The summed E-state index contributed by atoms with van der Waals surface area (Å²) in [6, 6.07) is 0. The van der Waals surface area contributed by atoms with E-state index in [-0.39, 0.29) is 5.60 Å². The van der Waals surface area contributed by atoms with Crippen LogP contribution in [0.1, 0.15) is 19.8 Å². The van der Waals surface area contributed by atoms with E-state index in [9.17, 15) is 0 Å². The Labute approximate surface area is 68.3 Å². The minimum atomic E-state index is -0.0232. The molecular weight excluding hydrogens is 138 g/mol. The number of nitrogens with one attached hydrogen (secondary N) is 1. The Morgan fingerprint density at radius 3 is 3.09 bits per heavy atom. The highest BCUT2D eigenvalue weighted by Gasteiger charge is 2.26. The van der Waals surface area contributed by atoms with Gasteiger partial charge in [0.2, 0.25) is 0 Å². The molecule has 1 aliphatic rings. The van der Waals surface area contributed by atoms with Crippen LogP contribution in [-0.2, 0) is 4.74 Å². The lowest BCUT2D eigenvalue weighted by molar-refractivity contribution is -0.0298. The molecule has 1 N–H and O–H groups in total. The van der Waals surface area contributed by atoms with E-state index in [0.717, 1.165) is 19.5 Å². The monoisotopic (exact) mass is 153 g/mol. The number of hydrogen-bond donors (Lipinski definition) is 1. The topological polar surface area (TPSA) is 21.3 Å². The normalized spacial score (nSPS) is 31.3. The third-order valence-electron chi connectivity index (χ3n) is 2.06. The van der Waals surface area contributed by atoms with Crippen LogP contribution in [0.5, 0.6) is 0 Å². The van der Waals surface area contributed by atoms with E-state index in [0.29, 0.717) is 6.61 Å². The lowest BCUT2D eigenvalue weighted by Gasteiger charge is -2.33. The van der Waals surface area contributed by atoms with E-state index in [1.54, 1.807) is 0 Å². The molecule has 0 aromatic carbocycles. The van der Waals surface area contributed by atoms with E-state index >= 15 is 0 Å². The summed E-state index contributed by atoms with van der Waals surface area (Å²) in [5.74, 6) is 2.49. The van der Waals surface area contributed by atoms with Gasteiger partial charge in [-0.25, -0.2) is 0 Å². The first-order valence-corrected chi connectivity index (χ1v) is 4.05. The van der Waals surface area contributed by atoms with Gasteiger partial charge in [-0.15, -0.1) is 6.42 Å². The van der Waals surface area contributed by atoms with E-state index in [4.69, 9.17) is 11.2 Å². The summed E-state index contributed by atoms with van der Waals surface area (Å²) in [6.07, 6.45) is 7.40. The van der Waals surface area contributed by atoms with Gasteiger partial charge < -0.3 is 10.1 Å². The molecule has 0 aromatic rings. The fourth-order valence-electron chi connectivity index (χ4n) is 1.37. The Kier molecular flexibility index (Phi) is 2.92. The lowest BCUT2D eigenvalue weighted by atomic mass is 9.96. The number of ether oxygens (including phenoxy) is 1. The molecule has 0 saturated carbocycles. The first-order valence-electron chi connectivity index (χ1n) is 4.05. The second kappa shape index (κ2) is 3.75. The summed E-state index contributed by atoms with van der Waals surface area (Å²) in [5.41, 5.74) is -0.0232. The zero-order valence-corrected chi connectivity index (χ0v) is 7.02. The molecule has 0 aliphatic carbocycles. The van der Waals surface area contributed by atoms with Gasteiger partial charge in [0.25, 0.3) is 0 Å². The van der Waals surface area contributed by atoms with Gasteiger partial charge in [0, 0.05) is 6.54 Å². The minimum absolute atomic E-state index is 0.0232. The molecule has 1 heterocycles. The molecule has 1 rings (SSSR count). The Balaban J connectivity index is 2.32. The SMILES string of the molecule is C#CCOC1(C)CCCNC1. The van der Waals surface area contributed by atoms with Crippen LogP contribution in [0, 0.1) is 12.3 Å². The van der Waals surface area contributed by atoms with Crippen LogP contribution in [-0.4, -0.2) is 25.3 Å². The molecule has 0 amide bonds. The zero-order valence-electron chi connectivity index (χ0n) is 7.02. The summed E-state index contributed by atoms with van der Waals surface area (Å²) in [6.45, 7) is 4.57. The van der Waals surface area contributed by atoms with Crippen molar-refractivity contribution in [3.05, 3.63) is 0 Å². The van der Waals surface area contributed by atoms with Crippen molar-refractivity contribution in [2.75, 3.05) is 19.7 Å². The lowest BCUT2D eigenvalue weighted by Crippen LogP contribution is -2.45. The van der Waals surface area contributed by atoms with Gasteiger partial charge in [-0.1, -0.05) is 5.92 Å². The van der Waals surface area contributed by atoms with E-state index in [1.165, 1.54) is 6.42 Å². The second-order valence-electron chi connectivity index (χ2n) is 3.22. The van der Waals surface area contributed by atoms with Crippen LogP contribution >= 0.6 is 0 Å². The maximum atomic E-state index is 5.52. The highest BCUT2D eigenvalue weighted by Crippen LogP contribution is 2.19. The molecule has 2 heteroatoms. The van der Waals surface area contributed by atoms with Crippen molar-refractivity contribution in [1.29, 1.82) is 0 Å². The highest BCUT2D eigenvalue weighted by molar-refractivity contribution is 4.88. The molecule has 0 radical (unpaired) electrons. The van der Waals surface area contributed by atoms with Crippen molar-refractivity contribution in [2.24, 2.45) is 0 Å². The molecule has 0 bridgehead atoms. The summed E-state index contributed by atoms with van der Waals surface area (Å²) in [7, 11) is 0. The van der Waals surface area contributed by atoms with Crippen molar-refractivity contribution in [2.45, 2.75) is 25.4 Å². The molecule has 1 saturated heterocycles. The molecule has 1 aliphatic heterocycles. The zero-order chi connectivity index (χ0) is 8.16. The van der Waals surface area contributed by atoms with Crippen LogP contribution in [0.4, 0.5) is 0 Å². The maximum Gasteiger partial charge on any atom is 0.108 e. The average Bonchev–Trinajstić information content (AvgIpc) is 2.03. The molecule has 1 atom stereocenters. The first-order chi connectivity index (χ1) is 5.27.